The van der Waals surface area contributed by atoms with Gasteiger partial charge in [0.2, 0.25) is 11.8 Å². The van der Waals surface area contributed by atoms with Crippen LogP contribution in [0.4, 0.5) is 4.79 Å². The summed E-state index contributed by atoms with van der Waals surface area (Å²) in [4.78, 5) is 34.7. The summed E-state index contributed by atoms with van der Waals surface area (Å²) in [5, 5.41) is 6.03. The Hall–Kier alpha value is -1.69. The second-order valence-electron chi connectivity index (χ2n) is 3.46. The average molecular weight is 238 g/mol. The van der Waals surface area contributed by atoms with E-state index in [0.717, 1.165) is 10.5 Å². The fourth-order valence-electron chi connectivity index (χ4n) is 1.48. The van der Waals surface area contributed by atoms with E-state index in [-0.39, 0.29) is 6.42 Å². The largest absolute Gasteiger partial charge is 0.330 e. The molecule has 4 amide bonds. The second-order valence-corrected chi connectivity index (χ2v) is 4.24. The van der Waals surface area contributed by atoms with Gasteiger partial charge in [-0.2, -0.15) is 11.3 Å². The van der Waals surface area contributed by atoms with E-state index in [2.05, 4.69) is 5.32 Å². The number of amides is 4. The maximum absolute atomic E-state index is 11.4. The highest BCUT2D eigenvalue weighted by Gasteiger charge is 2.30. The van der Waals surface area contributed by atoms with Gasteiger partial charge < -0.3 is 0 Å². The molecule has 16 heavy (non-hydrogen) atoms. The number of thiophene rings is 1. The second kappa shape index (κ2) is 4.44. The van der Waals surface area contributed by atoms with Gasteiger partial charge in [-0.15, -0.1) is 0 Å². The summed E-state index contributed by atoms with van der Waals surface area (Å²) >= 11 is 1.57. The molecule has 0 aliphatic carbocycles. The van der Waals surface area contributed by atoms with Crippen LogP contribution in [0.25, 0.3) is 0 Å². The maximum atomic E-state index is 11.4. The molecule has 1 saturated heterocycles. The van der Waals surface area contributed by atoms with Gasteiger partial charge in [0.05, 0.1) is 0 Å². The Morgan fingerprint density at radius 1 is 1.38 bits per heavy atom. The van der Waals surface area contributed by atoms with E-state index in [0.29, 0.717) is 13.0 Å². The van der Waals surface area contributed by atoms with Crippen LogP contribution >= 0.6 is 11.3 Å². The van der Waals surface area contributed by atoms with E-state index >= 15 is 0 Å². The third-order valence-electron chi connectivity index (χ3n) is 2.31. The lowest BCUT2D eigenvalue weighted by molar-refractivity contribution is -0.136. The Bertz CT molecular complexity index is 407. The topological polar surface area (TPSA) is 66.5 Å². The first-order valence-electron chi connectivity index (χ1n) is 4.82. The number of urea groups is 1. The number of rotatable bonds is 3. The molecule has 6 heteroatoms. The lowest BCUT2D eigenvalue weighted by atomic mass is 10.2. The van der Waals surface area contributed by atoms with E-state index in [4.69, 9.17) is 0 Å². The molecule has 1 N–H and O–H groups in total. The van der Waals surface area contributed by atoms with Crippen molar-refractivity contribution in [3.8, 4) is 0 Å². The van der Waals surface area contributed by atoms with Crippen molar-refractivity contribution < 1.29 is 14.4 Å². The third kappa shape index (κ3) is 2.27. The molecule has 84 valence electrons. The fourth-order valence-corrected chi connectivity index (χ4v) is 2.18. The molecular formula is C10H10N2O3S. The number of nitrogens with one attached hydrogen (secondary N) is 1. The lowest BCUT2D eigenvalue weighted by Crippen LogP contribution is -2.53. The van der Waals surface area contributed by atoms with E-state index < -0.39 is 17.8 Å². The number of barbiturate groups is 1. The van der Waals surface area contributed by atoms with E-state index in [9.17, 15) is 14.4 Å². The first-order chi connectivity index (χ1) is 7.66. The summed E-state index contributed by atoms with van der Waals surface area (Å²) in [5.41, 5.74) is 1.09. The zero-order valence-corrected chi connectivity index (χ0v) is 9.25. The summed E-state index contributed by atoms with van der Waals surface area (Å²) < 4.78 is 0. The minimum absolute atomic E-state index is 0.241. The van der Waals surface area contributed by atoms with Gasteiger partial charge in [-0.25, -0.2) is 4.79 Å². The van der Waals surface area contributed by atoms with Crippen LogP contribution in [0, 0.1) is 0 Å². The van der Waals surface area contributed by atoms with Crippen LogP contribution in [0.15, 0.2) is 16.8 Å². The van der Waals surface area contributed by atoms with Crippen LogP contribution in [0.5, 0.6) is 0 Å². The molecule has 1 aromatic heterocycles. The highest BCUT2D eigenvalue weighted by atomic mass is 32.1. The van der Waals surface area contributed by atoms with Crippen molar-refractivity contribution in [3.05, 3.63) is 22.4 Å². The number of carbonyl (C=O) groups excluding carboxylic acids is 3. The molecule has 2 heterocycles. The van der Waals surface area contributed by atoms with Gasteiger partial charge in [-0.05, 0) is 28.8 Å². The molecule has 0 saturated carbocycles. The van der Waals surface area contributed by atoms with Crippen LogP contribution in [0.3, 0.4) is 0 Å². The minimum atomic E-state index is -0.614. The van der Waals surface area contributed by atoms with Crippen LogP contribution in [-0.4, -0.2) is 29.3 Å². The molecule has 0 spiro atoms. The van der Waals surface area contributed by atoms with Gasteiger partial charge >= 0.3 is 6.03 Å². The minimum Gasteiger partial charge on any atom is -0.277 e. The lowest BCUT2D eigenvalue weighted by Gasteiger charge is -2.24. The van der Waals surface area contributed by atoms with Gasteiger partial charge in [-0.3, -0.25) is 19.8 Å². The normalized spacial score (nSPS) is 16.5. The van der Waals surface area contributed by atoms with Crippen molar-refractivity contribution >= 4 is 29.2 Å². The Kier molecular flexibility index (Phi) is 3.00. The first kappa shape index (κ1) is 10.8. The van der Waals surface area contributed by atoms with Gasteiger partial charge in [0.15, 0.2) is 0 Å². The molecule has 0 aromatic carbocycles. The number of carbonyl (C=O) groups is 3. The van der Waals surface area contributed by atoms with Crippen LogP contribution in [0.1, 0.15) is 12.0 Å². The number of imide groups is 2. The fraction of sp³-hybridized carbons (Fsp3) is 0.300. The molecule has 0 radical (unpaired) electrons. The van der Waals surface area contributed by atoms with Crippen molar-refractivity contribution in [2.24, 2.45) is 0 Å². The van der Waals surface area contributed by atoms with Crippen LogP contribution in [-0.2, 0) is 16.0 Å². The highest BCUT2D eigenvalue weighted by Crippen LogP contribution is 2.09. The zero-order chi connectivity index (χ0) is 11.5. The molecular weight excluding hydrogens is 228 g/mol. The monoisotopic (exact) mass is 238 g/mol. The molecule has 5 nitrogen and oxygen atoms in total. The molecule has 0 unspecified atom stereocenters. The van der Waals surface area contributed by atoms with Crippen molar-refractivity contribution in [2.45, 2.75) is 12.8 Å². The van der Waals surface area contributed by atoms with Crippen molar-refractivity contribution in [3.63, 3.8) is 0 Å². The third-order valence-corrected chi connectivity index (χ3v) is 3.04. The van der Waals surface area contributed by atoms with Gasteiger partial charge in [0, 0.05) is 6.54 Å². The van der Waals surface area contributed by atoms with E-state index in [1.165, 1.54) is 0 Å². The van der Waals surface area contributed by atoms with Crippen LogP contribution < -0.4 is 5.32 Å². The Balaban J connectivity index is 1.96. The number of hydrogen-bond donors (Lipinski definition) is 1. The number of hydrogen-bond acceptors (Lipinski definition) is 4. The molecule has 2 rings (SSSR count). The zero-order valence-electron chi connectivity index (χ0n) is 8.43. The summed E-state index contributed by atoms with van der Waals surface area (Å²) in [5.74, 6) is -0.953. The predicted molar refractivity (Wildman–Crippen MR) is 57.9 cm³/mol. The maximum Gasteiger partial charge on any atom is 0.330 e. The SMILES string of the molecule is O=C1CC(=O)N(CCc2ccsc2)C(=O)N1. The quantitative estimate of drug-likeness (QED) is 0.790. The Morgan fingerprint density at radius 3 is 2.81 bits per heavy atom. The summed E-state index contributed by atoms with van der Waals surface area (Å²) in [6.07, 6.45) is 0.381. The Labute approximate surface area is 96.0 Å². The van der Waals surface area contributed by atoms with Gasteiger partial charge in [-0.1, -0.05) is 0 Å². The molecule has 0 bridgehead atoms. The Morgan fingerprint density at radius 2 is 2.19 bits per heavy atom. The molecule has 0 atom stereocenters. The van der Waals surface area contributed by atoms with E-state index in [1.807, 2.05) is 16.8 Å². The molecule has 1 aromatic rings. The van der Waals surface area contributed by atoms with Crippen LogP contribution in [0.2, 0.25) is 0 Å². The van der Waals surface area contributed by atoms with Gasteiger partial charge in [0.25, 0.3) is 0 Å². The highest BCUT2D eigenvalue weighted by molar-refractivity contribution is 7.07. The van der Waals surface area contributed by atoms with Crippen molar-refractivity contribution in [1.82, 2.24) is 10.2 Å². The van der Waals surface area contributed by atoms with E-state index in [1.54, 1.807) is 11.3 Å². The molecule has 1 aliphatic heterocycles. The smallest absolute Gasteiger partial charge is 0.277 e. The van der Waals surface area contributed by atoms with Crippen molar-refractivity contribution in [2.75, 3.05) is 6.54 Å². The first-order valence-corrected chi connectivity index (χ1v) is 5.76. The molecule has 1 aliphatic rings. The molecule has 1 fully saturated rings. The van der Waals surface area contributed by atoms with Crippen molar-refractivity contribution in [1.29, 1.82) is 0 Å². The predicted octanol–water partition coefficient (Wildman–Crippen LogP) is 0.759. The summed E-state index contributed by atoms with van der Waals surface area (Å²) in [6.45, 7) is 0.314. The summed E-state index contributed by atoms with van der Waals surface area (Å²) in [7, 11) is 0. The summed E-state index contributed by atoms with van der Waals surface area (Å²) in [6, 6.07) is 1.33. The van der Waals surface area contributed by atoms with Gasteiger partial charge in [0.1, 0.15) is 6.42 Å². The number of nitrogens with zero attached hydrogens (tertiary/aromatic N) is 1. The standard InChI is InChI=1S/C10H10N2O3S/c13-8-5-9(14)12(10(15)11-8)3-1-7-2-4-16-6-7/h2,4,6H,1,3,5H2,(H,11,13,15). The average Bonchev–Trinajstić information content (AvgIpc) is 2.68.